The molecule has 2 N–H and O–H groups in total. The second-order valence-corrected chi connectivity index (χ2v) is 6.25. The van der Waals surface area contributed by atoms with Gasteiger partial charge in [0.25, 0.3) is 0 Å². The van der Waals surface area contributed by atoms with E-state index < -0.39 is 0 Å². The van der Waals surface area contributed by atoms with Crippen LogP contribution in [-0.4, -0.2) is 17.8 Å². The molecule has 104 valence electrons. The van der Waals surface area contributed by atoms with Gasteiger partial charge in [-0.2, -0.15) is 0 Å². The Morgan fingerprint density at radius 3 is 2.89 bits per heavy atom. The Hall–Kier alpha value is -0.860. The Labute approximate surface area is 116 Å². The maximum atomic E-state index is 9.41. The van der Waals surface area contributed by atoms with Crippen LogP contribution in [0.2, 0.25) is 0 Å². The molecule has 3 rings (SSSR count). The van der Waals surface area contributed by atoms with Crippen LogP contribution >= 0.6 is 0 Å². The highest BCUT2D eigenvalue weighted by Crippen LogP contribution is 2.29. The van der Waals surface area contributed by atoms with Gasteiger partial charge in [0.05, 0.1) is 0 Å². The molecular formula is C17H25NO. The number of rotatable bonds is 4. The molecule has 0 heterocycles. The van der Waals surface area contributed by atoms with Gasteiger partial charge in [0.2, 0.25) is 0 Å². The third-order valence-corrected chi connectivity index (χ3v) is 4.98. The lowest BCUT2D eigenvalue weighted by Crippen LogP contribution is -2.35. The summed E-state index contributed by atoms with van der Waals surface area (Å²) < 4.78 is 0. The molecule has 0 saturated heterocycles. The molecule has 0 spiro atoms. The lowest BCUT2D eigenvalue weighted by Gasteiger charge is -2.24. The van der Waals surface area contributed by atoms with Crippen molar-refractivity contribution in [2.24, 2.45) is 5.92 Å². The minimum absolute atomic E-state index is 0.328. The summed E-state index contributed by atoms with van der Waals surface area (Å²) in [7, 11) is 0. The largest absolute Gasteiger partial charge is 0.396 e. The number of aliphatic hydroxyl groups excluding tert-OH is 1. The molecule has 2 aliphatic rings. The molecule has 1 aromatic carbocycles. The first kappa shape index (κ1) is 13.1. The van der Waals surface area contributed by atoms with Gasteiger partial charge >= 0.3 is 0 Å². The van der Waals surface area contributed by atoms with Gasteiger partial charge in [-0.1, -0.05) is 24.6 Å². The number of benzene rings is 1. The fourth-order valence-electron chi connectivity index (χ4n) is 3.75. The summed E-state index contributed by atoms with van der Waals surface area (Å²) in [6.07, 6.45) is 7.45. The average Bonchev–Trinajstić information content (AvgIpc) is 3.05. The van der Waals surface area contributed by atoms with E-state index in [1.165, 1.54) is 44.1 Å². The summed E-state index contributed by atoms with van der Waals surface area (Å²) in [5.74, 6) is 0.455. The summed E-state index contributed by atoms with van der Waals surface area (Å²) in [5, 5.41) is 13.1. The molecule has 1 fully saturated rings. The van der Waals surface area contributed by atoms with Crippen LogP contribution in [-0.2, 0) is 12.8 Å². The van der Waals surface area contributed by atoms with Crippen molar-refractivity contribution in [3.05, 3.63) is 34.9 Å². The quantitative estimate of drug-likeness (QED) is 0.871. The molecule has 2 heteroatoms. The average molecular weight is 259 g/mol. The van der Waals surface area contributed by atoms with Gasteiger partial charge in [0.15, 0.2) is 0 Å². The maximum Gasteiger partial charge on any atom is 0.0474 e. The zero-order valence-corrected chi connectivity index (χ0v) is 11.9. The summed E-state index contributed by atoms with van der Waals surface area (Å²) >= 11 is 0. The number of hydrogen-bond acceptors (Lipinski definition) is 2. The summed E-state index contributed by atoms with van der Waals surface area (Å²) in [5.41, 5.74) is 4.51. The molecule has 1 aromatic rings. The fraction of sp³-hybridized carbons (Fsp3) is 0.647. The van der Waals surface area contributed by atoms with Crippen molar-refractivity contribution in [2.45, 2.75) is 57.5 Å². The van der Waals surface area contributed by atoms with E-state index in [-0.39, 0.29) is 0 Å². The Balaban J connectivity index is 1.68. The number of hydrogen-bond donors (Lipinski definition) is 2. The molecule has 2 nitrogen and oxygen atoms in total. The van der Waals surface area contributed by atoms with Gasteiger partial charge in [-0.3, -0.25) is 0 Å². The topological polar surface area (TPSA) is 32.3 Å². The van der Waals surface area contributed by atoms with Crippen molar-refractivity contribution < 1.29 is 5.11 Å². The summed E-state index contributed by atoms with van der Waals surface area (Å²) in [4.78, 5) is 0. The third kappa shape index (κ3) is 2.70. The van der Waals surface area contributed by atoms with Crippen LogP contribution in [0.25, 0.3) is 0 Å². The SMILES string of the molecule is CC(NC1CCCC1CO)c1ccc2c(c1)CCC2. The van der Waals surface area contributed by atoms with Gasteiger partial charge in [0.1, 0.15) is 0 Å². The number of aryl methyl sites for hydroxylation is 2. The number of fused-ring (bicyclic) bond motifs is 1. The minimum Gasteiger partial charge on any atom is -0.396 e. The second kappa shape index (κ2) is 5.64. The zero-order chi connectivity index (χ0) is 13.2. The molecule has 0 radical (unpaired) electrons. The van der Waals surface area contributed by atoms with Crippen molar-refractivity contribution >= 4 is 0 Å². The van der Waals surface area contributed by atoms with Crippen molar-refractivity contribution in [1.29, 1.82) is 0 Å². The van der Waals surface area contributed by atoms with E-state index in [1.54, 1.807) is 11.1 Å². The van der Waals surface area contributed by atoms with E-state index in [2.05, 4.69) is 30.4 Å². The smallest absolute Gasteiger partial charge is 0.0474 e. The van der Waals surface area contributed by atoms with Crippen molar-refractivity contribution in [3.63, 3.8) is 0 Å². The van der Waals surface area contributed by atoms with Crippen LogP contribution in [0.15, 0.2) is 18.2 Å². The lowest BCUT2D eigenvalue weighted by molar-refractivity contribution is 0.200. The van der Waals surface area contributed by atoms with Gasteiger partial charge in [0, 0.05) is 18.7 Å². The normalized spacial score (nSPS) is 27.5. The highest BCUT2D eigenvalue weighted by Gasteiger charge is 2.27. The zero-order valence-electron chi connectivity index (χ0n) is 11.9. The molecule has 2 aliphatic carbocycles. The molecule has 19 heavy (non-hydrogen) atoms. The molecule has 1 saturated carbocycles. The van der Waals surface area contributed by atoms with Gasteiger partial charge < -0.3 is 10.4 Å². The molecule has 0 amide bonds. The monoisotopic (exact) mass is 259 g/mol. The van der Waals surface area contributed by atoms with E-state index in [0.29, 0.717) is 24.6 Å². The molecule has 3 unspecified atom stereocenters. The van der Waals surface area contributed by atoms with Crippen molar-refractivity contribution in [3.8, 4) is 0 Å². The molecular weight excluding hydrogens is 234 g/mol. The predicted molar refractivity (Wildman–Crippen MR) is 78.2 cm³/mol. The van der Waals surface area contributed by atoms with Crippen molar-refractivity contribution in [1.82, 2.24) is 5.32 Å². The third-order valence-electron chi connectivity index (χ3n) is 4.98. The molecule has 3 atom stereocenters. The standard InChI is InChI=1S/C17H25NO/c1-12(18-17-7-3-6-16(17)11-19)14-9-8-13-4-2-5-15(13)10-14/h8-10,12,16-19H,2-7,11H2,1H3. The second-order valence-electron chi connectivity index (χ2n) is 6.25. The first-order chi connectivity index (χ1) is 9.28. The highest BCUT2D eigenvalue weighted by atomic mass is 16.3. The maximum absolute atomic E-state index is 9.41. The van der Waals surface area contributed by atoms with E-state index in [0.717, 1.165) is 0 Å². The van der Waals surface area contributed by atoms with Gasteiger partial charge in [-0.25, -0.2) is 0 Å². The molecule has 0 aromatic heterocycles. The van der Waals surface area contributed by atoms with Gasteiger partial charge in [-0.05, 0) is 61.6 Å². The Bertz CT molecular complexity index is 443. The van der Waals surface area contributed by atoms with E-state index in [1.807, 2.05) is 0 Å². The fourth-order valence-corrected chi connectivity index (χ4v) is 3.75. The van der Waals surface area contributed by atoms with E-state index in [9.17, 15) is 5.11 Å². The van der Waals surface area contributed by atoms with E-state index in [4.69, 9.17) is 0 Å². The first-order valence-corrected chi connectivity index (χ1v) is 7.76. The van der Waals surface area contributed by atoms with Crippen LogP contribution in [0.4, 0.5) is 0 Å². The number of aliphatic hydroxyl groups is 1. The van der Waals surface area contributed by atoms with E-state index >= 15 is 0 Å². The van der Waals surface area contributed by atoms with Crippen LogP contribution < -0.4 is 5.32 Å². The van der Waals surface area contributed by atoms with Crippen LogP contribution in [0.3, 0.4) is 0 Å². The van der Waals surface area contributed by atoms with Crippen LogP contribution in [0.5, 0.6) is 0 Å². The van der Waals surface area contributed by atoms with Gasteiger partial charge in [-0.15, -0.1) is 0 Å². The van der Waals surface area contributed by atoms with Crippen LogP contribution in [0.1, 0.15) is 55.3 Å². The summed E-state index contributed by atoms with van der Waals surface area (Å²) in [6, 6.07) is 7.87. The Kier molecular flexibility index (Phi) is 3.90. The summed E-state index contributed by atoms with van der Waals surface area (Å²) in [6.45, 7) is 2.58. The van der Waals surface area contributed by atoms with Crippen molar-refractivity contribution in [2.75, 3.05) is 6.61 Å². The minimum atomic E-state index is 0.328. The molecule has 0 bridgehead atoms. The predicted octanol–water partition coefficient (Wildman–Crippen LogP) is 2.99. The lowest BCUT2D eigenvalue weighted by atomic mass is 9.99. The number of nitrogens with one attached hydrogen (secondary N) is 1. The molecule has 0 aliphatic heterocycles. The Morgan fingerprint density at radius 1 is 1.21 bits per heavy atom. The van der Waals surface area contributed by atoms with Crippen LogP contribution in [0, 0.1) is 5.92 Å². The first-order valence-electron chi connectivity index (χ1n) is 7.76. The Morgan fingerprint density at radius 2 is 2.05 bits per heavy atom. The highest BCUT2D eigenvalue weighted by molar-refractivity contribution is 5.36.